The van der Waals surface area contributed by atoms with Crippen LogP contribution in [0.3, 0.4) is 0 Å². The van der Waals surface area contributed by atoms with Crippen molar-refractivity contribution in [3.63, 3.8) is 0 Å². The molecule has 0 fully saturated rings. The molecular weight excluding hydrogens is 289 g/mol. The maximum atomic E-state index is 10.3. The van der Waals surface area contributed by atoms with Crippen molar-refractivity contribution in [1.29, 1.82) is 0 Å². The molecule has 0 saturated carbocycles. The third-order valence-electron chi connectivity index (χ3n) is 0.696. The SMILES string of the molecule is CC(=O)CC(C)C.[Hg]. The van der Waals surface area contributed by atoms with Crippen LogP contribution in [0.1, 0.15) is 27.2 Å². The molecule has 0 spiro atoms. The summed E-state index contributed by atoms with van der Waals surface area (Å²) >= 11 is 0. The van der Waals surface area contributed by atoms with Gasteiger partial charge in [-0.05, 0) is 12.8 Å². The first kappa shape index (κ1) is 11.4. The van der Waals surface area contributed by atoms with E-state index in [1.54, 1.807) is 6.92 Å². The standard InChI is InChI=1S/C6H12O.Hg/c1-5(2)4-6(3)7;/h5H,4H2,1-3H3;. The van der Waals surface area contributed by atoms with E-state index in [0.29, 0.717) is 5.92 Å². The molecule has 0 bridgehead atoms. The molecule has 2 heteroatoms. The van der Waals surface area contributed by atoms with Crippen LogP contribution in [-0.4, -0.2) is 5.78 Å². The molecule has 0 N–H and O–H groups in total. The molecule has 0 rings (SSSR count). The minimum absolute atomic E-state index is 0. The second kappa shape index (κ2) is 5.74. The van der Waals surface area contributed by atoms with Crippen LogP contribution in [0.15, 0.2) is 0 Å². The Bertz CT molecular complexity index is 68.9. The third-order valence-corrected chi connectivity index (χ3v) is 0.696. The Kier molecular flexibility index (Phi) is 8.18. The normalized spacial score (nSPS) is 8.50. The summed E-state index contributed by atoms with van der Waals surface area (Å²) in [5.74, 6) is 0.813. The average Bonchev–Trinajstić information content (AvgIpc) is 1.27. The molecule has 0 atom stereocenters. The number of rotatable bonds is 2. The van der Waals surface area contributed by atoms with Gasteiger partial charge in [-0.1, -0.05) is 13.8 Å². The summed E-state index contributed by atoms with van der Waals surface area (Å²) in [7, 11) is 0. The molecule has 1 nitrogen and oxygen atoms in total. The van der Waals surface area contributed by atoms with Crippen molar-refractivity contribution in [3.05, 3.63) is 0 Å². The number of hydrogen-bond donors (Lipinski definition) is 0. The molecule has 0 aliphatic heterocycles. The molecule has 0 aromatic rings. The Morgan fingerprint density at radius 2 is 1.88 bits per heavy atom. The van der Waals surface area contributed by atoms with Crippen molar-refractivity contribution in [2.24, 2.45) is 5.92 Å². The summed E-state index contributed by atoms with van der Waals surface area (Å²) in [6.45, 7) is 5.71. The van der Waals surface area contributed by atoms with Crippen LogP contribution in [0.5, 0.6) is 0 Å². The Morgan fingerprint density at radius 1 is 1.50 bits per heavy atom. The van der Waals surface area contributed by atoms with E-state index in [2.05, 4.69) is 0 Å². The van der Waals surface area contributed by atoms with Crippen LogP contribution in [0.2, 0.25) is 0 Å². The minimum atomic E-state index is 0. The fourth-order valence-corrected chi connectivity index (χ4v) is 0.575. The Morgan fingerprint density at radius 3 is 1.88 bits per heavy atom. The summed E-state index contributed by atoms with van der Waals surface area (Å²) in [5, 5.41) is 0. The molecule has 0 radical (unpaired) electrons. The second-order valence-electron chi connectivity index (χ2n) is 2.30. The van der Waals surface area contributed by atoms with Crippen molar-refractivity contribution in [1.82, 2.24) is 0 Å². The van der Waals surface area contributed by atoms with Gasteiger partial charge in [0.25, 0.3) is 0 Å². The fraction of sp³-hybridized carbons (Fsp3) is 0.833. The zero-order chi connectivity index (χ0) is 5.86. The summed E-state index contributed by atoms with van der Waals surface area (Å²) in [6, 6.07) is 0. The van der Waals surface area contributed by atoms with Crippen molar-refractivity contribution in [3.8, 4) is 0 Å². The first-order valence-corrected chi connectivity index (χ1v) is 2.62. The van der Waals surface area contributed by atoms with E-state index in [9.17, 15) is 4.79 Å². The Labute approximate surface area is 71.4 Å². The maximum absolute atomic E-state index is 10.3. The van der Waals surface area contributed by atoms with Gasteiger partial charge >= 0.3 is 0 Å². The predicted molar refractivity (Wildman–Crippen MR) is 30.1 cm³/mol. The number of carbonyl (C=O) groups excluding carboxylic acids is 1. The monoisotopic (exact) mass is 302 g/mol. The Balaban J connectivity index is 0. The van der Waals surface area contributed by atoms with Gasteiger partial charge in [0.15, 0.2) is 0 Å². The first-order valence-electron chi connectivity index (χ1n) is 2.62. The van der Waals surface area contributed by atoms with Crippen LogP contribution in [0, 0.1) is 5.92 Å². The fourth-order valence-electron chi connectivity index (χ4n) is 0.575. The second-order valence-corrected chi connectivity index (χ2v) is 2.30. The van der Waals surface area contributed by atoms with E-state index in [-0.39, 0.29) is 33.5 Å². The van der Waals surface area contributed by atoms with Crippen LogP contribution in [0.4, 0.5) is 0 Å². The predicted octanol–water partition coefficient (Wildman–Crippen LogP) is 1.62. The van der Waals surface area contributed by atoms with Gasteiger partial charge in [0.05, 0.1) is 0 Å². The van der Waals surface area contributed by atoms with Crippen LogP contribution < -0.4 is 0 Å². The summed E-state index contributed by atoms with van der Waals surface area (Å²) in [6.07, 6.45) is 0.722. The van der Waals surface area contributed by atoms with E-state index in [4.69, 9.17) is 0 Å². The molecule has 8 heavy (non-hydrogen) atoms. The largest absolute Gasteiger partial charge is 0.300 e. The van der Waals surface area contributed by atoms with Gasteiger partial charge in [0.2, 0.25) is 0 Å². The van der Waals surface area contributed by atoms with Crippen LogP contribution in [-0.2, 0) is 32.5 Å². The molecule has 0 aliphatic carbocycles. The van der Waals surface area contributed by atoms with E-state index in [1.165, 1.54) is 0 Å². The van der Waals surface area contributed by atoms with E-state index in [0.717, 1.165) is 6.42 Å². The van der Waals surface area contributed by atoms with Gasteiger partial charge in [-0.3, -0.25) is 0 Å². The van der Waals surface area contributed by atoms with E-state index < -0.39 is 0 Å². The molecule has 0 saturated heterocycles. The van der Waals surface area contributed by atoms with Crippen molar-refractivity contribution < 1.29 is 32.5 Å². The van der Waals surface area contributed by atoms with Crippen molar-refractivity contribution in [2.75, 3.05) is 0 Å². The molecule has 44 valence electrons. The molecule has 0 aromatic carbocycles. The third kappa shape index (κ3) is 9.79. The van der Waals surface area contributed by atoms with Crippen molar-refractivity contribution >= 4 is 5.78 Å². The van der Waals surface area contributed by atoms with Crippen LogP contribution >= 0.6 is 0 Å². The average molecular weight is 301 g/mol. The number of hydrogen-bond acceptors (Lipinski definition) is 1. The zero-order valence-corrected chi connectivity index (χ0v) is 11.4. The van der Waals surface area contributed by atoms with Gasteiger partial charge in [0, 0.05) is 34.1 Å². The summed E-state index contributed by atoms with van der Waals surface area (Å²) in [4.78, 5) is 10.3. The first-order chi connectivity index (χ1) is 3.13. The summed E-state index contributed by atoms with van der Waals surface area (Å²) in [5.41, 5.74) is 0. The number of ketones is 1. The maximum Gasteiger partial charge on any atom is 0.130 e. The molecule has 0 aromatic heterocycles. The topological polar surface area (TPSA) is 17.1 Å². The molecule has 0 amide bonds. The smallest absolute Gasteiger partial charge is 0.130 e. The van der Waals surface area contributed by atoms with Gasteiger partial charge in [-0.2, -0.15) is 0 Å². The summed E-state index contributed by atoms with van der Waals surface area (Å²) < 4.78 is 0. The molecule has 0 heterocycles. The number of carbonyl (C=O) groups is 1. The van der Waals surface area contributed by atoms with E-state index in [1.807, 2.05) is 13.8 Å². The van der Waals surface area contributed by atoms with Gasteiger partial charge in [0.1, 0.15) is 5.78 Å². The van der Waals surface area contributed by atoms with Crippen LogP contribution in [0.25, 0.3) is 0 Å². The molecular formula is C6H12HgO. The minimum Gasteiger partial charge on any atom is -0.300 e. The van der Waals surface area contributed by atoms with E-state index >= 15 is 0 Å². The van der Waals surface area contributed by atoms with Gasteiger partial charge in [-0.25, -0.2) is 0 Å². The van der Waals surface area contributed by atoms with Gasteiger partial charge < -0.3 is 4.79 Å². The van der Waals surface area contributed by atoms with Crippen molar-refractivity contribution in [2.45, 2.75) is 27.2 Å². The zero-order valence-electron chi connectivity index (χ0n) is 5.90. The number of Topliss-reactive ketones (excluding diaryl/α,β-unsaturated/α-hetero) is 1. The van der Waals surface area contributed by atoms with Gasteiger partial charge in [-0.15, -0.1) is 0 Å². The molecule has 0 unspecified atom stereocenters. The molecule has 0 aliphatic rings. The quantitative estimate of drug-likeness (QED) is 0.708. The Hall–Kier alpha value is 0.605.